The molecule has 6 heteroatoms. The summed E-state index contributed by atoms with van der Waals surface area (Å²) >= 11 is 1.65. The number of thiazole rings is 1. The molecule has 140 valence electrons. The number of pyridine rings is 1. The molecule has 0 radical (unpaired) electrons. The van der Waals surface area contributed by atoms with E-state index in [-0.39, 0.29) is 0 Å². The van der Waals surface area contributed by atoms with Crippen LogP contribution < -0.4 is 4.90 Å². The highest BCUT2D eigenvalue weighted by Gasteiger charge is 2.26. The minimum absolute atomic E-state index is 0.449. The van der Waals surface area contributed by atoms with Crippen LogP contribution in [-0.4, -0.2) is 32.6 Å². The maximum Gasteiger partial charge on any atom is 0.128 e. The number of nitrogens with zero attached hydrogens (tertiary/aromatic N) is 5. The van der Waals surface area contributed by atoms with Crippen LogP contribution in [0.1, 0.15) is 54.4 Å². The average molecular weight is 380 g/mol. The van der Waals surface area contributed by atoms with E-state index in [0.717, 1.165) is 37.6 Å². The Balaban J connectivity index is 1.35. The minimum Gasteiger partial charge on any atom is -0.356 e. The molecule has 4 heterocycles. The summed E-state index contributed by atoms with van der Waals surface area (Å²) < 4.78 is 2.27. The van der Waals surface area contributed by atoms with Crippen LogP contribution in [0.5, 0.6) is 0 Å². The van der Waals surface area contributed by atoms with Gasteiger partial charge < -0.3 is 9.47 Å². The molecule has 27 heavy (non-hydrogen) atoms. The number of fused-ring (bicyclic) bond motifs is 1. The van der Waals surface area contributed by atoms with Crippen molar-refractivity contribution in [2.75, 3.05) is 18.0 Å². The summed E-state index contributed by atoms with van der Waals surface area (Å²) in [6.45, 7) is 2.90. The molecular weight excluding hydrogens is 354 g/mol. The van der Waals surface area contributed by atoms with Crippen molar-refractivity contribution in [3.63, 3.8) is 0 Å². The van der Waals surface area contributed by atoms with E-state index < -0.39 is 0 Å². The van der Waals surface area contributed by atoms with E-state index in [1.165, 1.54) is 49.2 Å². The molecule has 0 unspecified atom stereocenters. The minimum atomic E-state index is 0.449. The van der Waals surface area contributed by atoms with Crippen LogP contribution in [0.3, 0.4) is 0 Å². The van der Waals surface area contributed by atoms with Crippen LogP contribution >= 0.6 is 11.3 Å². The summed E-state index contributed by atoms with van der Waals surface area (Å²) in [6, 6.07) is 4.54. The third kappa shape index (κ3) is 3.50. The molecule has 1 fully saturated rings. The van der Waals surface area contributed by atoms with Crippen molar-refractivity contribution in [3.05, 3.63) is 58.2 Å². The summed E-state index contributed by atoms with van der Waals surface area (Å²) in [5.41, 5.74) is 5.79. The number of imidazole rings is 1. The lowest BCUT2D eigenvalue weighted by molar-refractivity contribution is 0.473. The third-order valence-electron chi connectivity index (χ3n) is 5.84. The molecule has 1 aliphatic heterocycles. The van der Waals surface area contributed by atoms with Crippen molar-refractivity contribution < 1.29 is 0 Å². The fourth-order valence-electron chi connectivity index (χ4n) is 4.45. The summed E-state index contributed by atoms with van der Waals surface area (Å²) in [7, 11) is 0. The Hall–Kier alpha value is -2.21. The van der Waals surface area contributed by atoms with Gasteiger partial charge in [0.05, 0.1) is 17.7 Å². The summed E-state index contributed by atoms with van der Waals surface area (Å²) in [5, 5.41) is 2.12. The molecule has 0 saturated carbocycles. The van der Waals surface area contributed by atoms with Gasteiger partial charge >= 0.3 is 0 Å². The number of aromatic nitrogens is 4. The topological polar surface area (TPSA) is 46.8 Å². The fraction of sp³-hybridized carbons (Fsp3) is 0.476. The van der Waals surface area contributed by atoms with Crippen molar-refractivity contribution in [2.45, 2.75) is 51.0 Å². The summed E-state index contributed by atoms with van der Waals surface area (Å²) in [4.78, 5) is 16.6. The van der Waals surface area contributed by atoms with Gasteiger partial charge in [0, 0.05) is 42.5 Å². The highest BCUT2D eigenvalue weighted by Crippen LogP contribution is 2.30. The molecule has 2 aliphatic rings. The lowest BCUT2D eigenvalue weighted by Gasteiger charge is -2.34. The van der Waals surface area contributed by atoms with E-state index in [1.54, 1.807) is 11.3 Å². The molecule has 3 aromatic heterocycles. The zero-order valence-corrected chi connectivity index (χ0v) is 16.4. The smallest absolute Gasteiger partial charge is 0.128 e. The van der Waals surface area contributed by atoms with Crippen LogP contribution in [0.25, 0.3) is 0 Å². The second kappa shape index (κ2) is 7.43. The molecule has 0 amide bonds. The molecule has 5 nitrogen and oxygen atoms in total. The van der Waals surface area contributed by atoms with E-state index in [9.17, 15) is 0 Å². The van der Waals surface area contributed by atoms with E-state index >= 15 is 0 Å². The number of aryl methyl sites for hydroxylation is 2. The van der Waals surface area contributed by atoms with E-state index in [4.69, 9.17) is 9.97 Å². The average Bonchev–Trinajstić information content (AvgIpc) is 3.40. The number of rotatable bonds is 4. The summed E-state index contributed by atoms with van der Waals surface area (Å²) in [5.74, 6) is 2.79. The van der Waals surface area contributed by atoms with Crippen LogP contribution in [0.15, 0.2) is 35.4 Å². The molecule has 0 spiro atoms. The zero-order valence-electron chi connectivity index (χ0n) is 15.5. The Morgan fingerprint density at radius 3 is 3.00 bits per heavy atom. The number of piperidine rings is 1. The second-order valence-corrected chi connectivity index (χ2v) is 8.38. The number of hydrogen-bond donors (Lipinski definition) is 0. The van der Waals surface area contributed by atoms with Gasteiger partial charge in [0.1, 0.15) is 11.6 Å². The van der Waals surface area contributed by atoms with Gasteiger partial charge in [0.15, 0.2) is 0 Å². The Morgan fingerprint density at radius 1 is 1.11 bits per heavy atom. The van der Waals surface area contributed by atoms with Gasteiger partial charge in [-0.2, -0.15) is 0 Å². The molecule has 0 aromatic carbocycles. The Kier molecular flexibility index (Phi) is 4.66. The largest absolute Gasteiger partial charge is 0.356 e. The SMILES string of the molecule is c1cn(Cc2cscn2)c([C@@H]2CCCN(c3ccc4c(n3)CCCC4)C2)n1. The fourth-order valence-corrected chi connectivity index (χ4v) is 5.00. The first-order valence-corrected chi connectivity index (χ1v) is 10.9. The van der Waals surface area contributed by atoms with Crippen LogP contribution in [0, 0.1) is 0 Å². The number of hydrogen-bond acceptors (Lipinski definition) is 5. The monoisotopic (exact) mass is 379 g/mol. The lowest BCUT2D eigenvalue weighted by atomic mass is 9.95. The van der Waals surface area contributed by atoms with Crippen molar-refractivity contribution in [1.82, 2.24) is 19.5 Å². The standard InChI is InChI=1S/C21H25N5S/c1-2-6-19-16(4-1)7-8-20(24-19)25-10-3-5-17(12-25)21-22-9-11-26(21)13-18-14-27-15-23-18/h7-9,11,14-15,17H,1-6,10,12-13H2/t17-/m1/s1. The molecule has 5 rings (SSSR count). The van der Waals surface area contributed by atoms with E-state index in [0.29, 0.717) is 5.92 Å². The highest BCUT2D eigenvalue weighted by molar-refractivity contribution is 7.07. The van der Waals surface area contributed by atoms with Gasteiger partial charge in [-0.15, -0.1) is 11.3 Å². The number of anilines is 1. The lowest BCUT2D eigenvalue weighted by Crippen LogP contribution is -2.36. The van der Waals surface area contributed by atoms with Gasteiger partial charge in [-0.3, -0.25) is 0 Å². The van der Waals surface area contributed by atoms with Crippen molar-refractivity contribution in [1.29, 1.82) is 0 Å². The van der Waals surface area contributed by atoms with Gasteiger partial charge in [-0.05, 0) is 50.2 Å². The normalized spacial score (nSPS) is 19.9. The molecule has 1 saturated heterocycles. The van der Waals surface area contributed by atoms with Crippen LogP contribution in [-0.2, 0) is 19.4 Å². The first-order chi connectivity index (χ1) is 13.4. The van der Waals surface area contributed by atoms with Gasteiger partial charge in [0.2, 0.25) is 0 Å². The predicted molar refractivity (Wildman–Crippen MR) is 109 cm³/mol. The first kappa shape index (κ1) is 16.9. The second-order valence-electron chi connectivity index (χ2n) is 7.66. The van der Waals surface area contributed by atoms with E-state index in [1.807, 2.05) is 11.7 Å². The maximum atomic E-state index is 5.03. The Bertz CT molecular complexity index is 901. The first-order valence-electron chi connectivity index (χ1n) is 9.98. The van der Waals surface area contributed by atoms with Gasteiger partial charge in [0.25, 0.3) is 0 Å². The third-order valence-corrected chi connectivity index (χ3v) is 6.47. The molecule has 1 aliphatic carbocycles. The molecule has 1 atom stereocenters. The van der Waals surface area contributed by atoms with Gasteiger partial charge in [-0.25, -0.2) is 15.0 Å². The predicted octanol–water partition coefficient (Wildman–Crippen LogP) is 4.05. The zero-order chi connectivity index (χ0) is 18.1. The van der Waals surface area contributed by atoms with Crippen molar-refractivity contribution in [3.8, 4) is 0 Å². The van der Waals surface area contributed by atoms with Gasteiger partial charge in [-0.1, -0.05) is 6.07 Å². The molecular formula is C21H25N5S. The van der Waals surface area contributed by atoms with Crippen LogP contribution in [0.2, 0.25) is 0 Å². The quantitative estimate of drug-likeness (QED) is 0.686. The van der Waals surface area contributed by atoms with E-state index in [2.05, 4.69) is 38.2 Å². The maximum absolute atomic E-state index is 5.03. The summed E-state index contributed by atoms with van der Waals surface area (Å²) in [6.07, 6.45) is 11.3. The molecule has 0 bridgehead atoms. The van der Waals surface area contributed by atoms with Crippen molar-refractivity contribution in [2.24, 2.45) is 0 Å². The molecule has 3 aromatic rings. The Labute approximate surface area is 164 Å². The van der Waals surface area contributed by atoms with Crippen molar-refractivity contribution >= 4 is 17.2 Å². The highest BCUT2D eigenvalue weighted by atomic mass is 32.1. The molecule has 0 N–H and O–H groups in total. The Morgan fingerprint density at radius 2 is 2.07 bits per heavy atom. The van der Waals surface area contributed by atoms with Crippen LogP contribution in [0.4, 0.5) is 5.82 Å².